The van der Waals surface area contributed by atoms with E-state index in [0.29, 0.717) is 12.2 Å². The minimum absolute atomic E-state index is 0.375. The number of carbonyl (C=O) groups excluding carboxylic acids is 1. The van der Waals surface area contributed by atoms with Gasteiger partial charge in [-0.15, -0.1) is 0 Å². The summed E-state index contributed by atoms with van der Waals surface area (Å²) in [6.07, 6.45) is 1.82. The molecule has 5 nitrogen and oxygen atoms in total. The van der Waals surface area contributed by atoms with E-state index in [1.165, 1.54) is 0 Å². The van der Waals surface area contributed by atoms with Crippen LogP contribution in [-0.2, 0) is 19.9 Å². The van der Waals surface area contributed by atoms with Gasteiger partial charge in [-0.3, -0.25) is 4.89 Å². The summed E-state index contributed by atoms with van der Waals surface area (Å²) in [6.45, 7) is 2.40. The van der Waals surface area contributed by atoms with Crippen LogP contribution < -0.4 is 0 Å². The highest BCUT2D eigenvalue weighted by Crippen LogP contribution is 2.01. The van der Waals surface area contributed by atoms with Crippen molar-refractivity contribution in [2.45, 2.75) is 19.8 Å². The molecule has 1 aromatic carbocycles. The van der Waals surface area contributed by atoms with Gasteiger partial charge in [-0.25, -0.2) is 9.68 Å². The van der Waals surface area contributed by atoms with Crippen molar-refractivity contribution in [1.82, 2.24) is 0 Å². The first-order valence-electron chi connectivity index (χ1n) is 5.06. The van der Waals surface area contributed by atoms with Crippen LogP contribution in [0.2, 0.25) is 0 Å². The summed E-state index contributed by atoms with van der Waals surface area (Å²) in [6, 6.07) is 8.43. The van der Waals surface area contributed by atoms with Gasteiger partial charge in [0.25, 0.3) is 0 Å². The third-order valence-corrected chi connectivity index (χ3v) is 1.78. The van der Waals surface area contributed by atoms with Crippen molar-refractivity contribution in [2.24, 2.45) is 0 Å². The van der Waals surface area contributed by atoms with E-state index in [9.17, 15) is 4.79 Å². The summed E-state index contributed by atoms with van der Waals surface area (Å²) in [5.41, 5.74) is 0.375. The molecule has 0 spiro atoms. The average molecular weight is 226 g/mol. The quantitative estimate of drug-likeness (QED) is 0.406. The van der Waals surface area contributed by atoms with Crippen molar-refractivity contribution < 1.29 is 24.6 Å². The zero-order valence-electron chi connectivity index (χ0n) is 9.05. The number of rotatable bonds is 7. The second kappa shape index (κ2) is 7.81. The summed E-state index contributed by atoms with van der Waals surface area (Å²) in [5, 5.41) is 8.31. The van der Waals surface area contributed by atoms with Crippen molar-refractivity contribution in [2.75, 3.05) is 6.61 Å². The Morgan fingerprint density at radius 2 is 1.94 bits per heavy atom. The minimum Gasteiger partial charge on any atom is -0.261 e. The van der Waals surface area contributed by atoms with Crippen LogP contribution in [-0.4, -0.2) is 12.6 Å². The molecule has 0 bridgehead atoms. The molecule has 0 atom stereocenters. The molecular formula is C11H14O5. The van der Waals surface area contributed by atoms with Gasteiger partial charge in [0, 0.05) is 5.04 Å². The van der Waals surface area contributed by atoms with Crippen LogP contribution in [0.5, 0.6) is 0 Å². The third-order valence-electron chi connectivity index (χ3n) is 1.78. The molecule has 0 heterocycles. The van der Waals surface area contributed by atoms with Crippen LogP contribution in [0.4, 0.5) is 0 Å². The Balaban J connectivity index is 2.12. The zero-order chi connectivity index (χ0) is 11.6. The van der Waals surface area contributed by atoms with E-state index in [1.807, 2.05) is 6.92 Å². The van der Waals surface area contributed by atoms with E-state index in [0.717, 1.165) is 12.8 Å². The summed E-state index contributed by atoms with van der Waals surface area (Å²) in [5.74, 6) is -0.639. The number of benzene rings is 1. The lowest BCUT2D eigenvalue weighted by molar-refractivity contribution is -0.615. The molecule has 16 heavy (non-hydrogen) atoms. The highest BCUT2D eigenvalue weighted by Gasteiger charge is 2.07. The first-order chi connectivity index (χ1) is 7.84. The second-order valence-electron chi connectivity index (χ2n) is 3.05. The molecule has 1 aromatic rings. The van der Waals surface area contributed by atoms with Gasteiger partial charge in [-0.2, -0.15) is 0 Å². The second-order valence-corrected chi connectivity index (χ2v) is 3.05. The molecule has 0 amide bonds. The lowest BCUT2D eigenvalue weighted by Gasteiger charge is -2.01. The van der Waals surface area contributed by atoms with Crippen LogP contribution in [0.25, 0.3) is 0 Å². The first-order valence-corrected chi connectivity index (χ1v) is 5.06. The lowest BCUT2D eigenvalue weighted by Crippen LogP contribution is -2.07. The van der Waals surface area contributed by atoms with E-state index in [-0.39, 0.29) is 0 Å². The molecule has 0 aliphatic rings. The molecule has 0 aliphatic heterocycles. The van der Waals surface area contributed by atoms with Gasteiger partial charge in [-0.1, -0.05) is 31.5 Å². The maximum Gasteiger partial charge on any atom is 0.376 e. The normalized spacial score (nSPS) is 10.1. The zero-order valence-corrected chi connectivity index (χ0v) is 9.05. The fraction of sp³-hybridized carbons (Fsp3) is 0.364. The van der Waals surface area contributed by atoms with Crippen molar-refractivity contribution in [3.63, 3.8) is 0 Å². The van der Waals surface area contributed by atoms with Crippen LogP contribution in [0.1, 0.15) is 30.1 Å². The molecule has 88 valence electrons. The number of hydrogen-bond donors (Lipinski definition) is 0. The molecule has 0 aromatic heterocycles. The fourth-order valence-corrected chi connectivity index (χ4v) is 0.924. The van der Waals surface area contributed by atoms with E-state index < -0.39 is 5.97 Å². The Morgan fingerprint density at radius 3 is 2.62 bits per heavy atom. The standard InChI is InChI=1S/C11H14O5/c1-2-3-9-13-15-16-14-11(12)10-7-5-4-6-8-10/h4-8H,2-3,9H2,1H3. The summed E-state index contributed by atoms with van der Waals surface area (Å²) in [7, 11) is 0. The molecular weight excluding hydrogens is 212 g/mol. The Hall–Kier alpha value is -1.43. The monoisotopic (exact) mass is 226 g/mol. The largest absolute Gasteiger partial charge is 0.376 e. The Kier molecular flexibility index (Phi) is 6.17. The molecule has 1 rings (SSSR count). The number of carbonyl (C=O) groups is 1. The maximum atomic E-state index is 11.3. The smallest absolute Gasteiger partial charge is 0.261 e. The van der Waals surface area contributed by atoms with E-state index >= 15 is 0 Å². The van der Waals surface area contributed by atoms with Crippen LogP contribution in [0, 0.1) is 0 Å². The van der Waals surface area contributed by atoms with Gasteiger partial charge in [0.2, 0.25) is 0 Å². The Morgan fingerprint density at radius 1 is 1.19 bits per heavy atom. The van der Waals surface area contributed by atoms with E-state index in [4.69, 9.17) is 0 Å². The maximum absolute atomic E-state index is 11.3. The summed E-state index contributed by atoms with van der Waals surface area (Å²) in [4.78, 5) is 20.1. The summed E-state index contributed by atoms with van der Waals surface area (Å²) >= 11 is 0. The highest BCUT2D eigenvalue weighted by atomic mass is 17.7. The molecule has 0 aliphatic carbocycles. The van der Waals surface area contributed by atoms with Gasteiger partial charge in [0.05, 0.1) is 12.2 Å². The topological polar surface area (TPSA) is 54.0 Å². The van der Waals surface area contributed by atoms with E-state index in [2.05, 4.69) is 19.9 Å². The first kappa shape index (κ1) is 12.6. The van der Waals surface area contributed by atoms with Crippen molar-refractivity contribution >= 4 is 5.97 Å². The fourth-order valence-electron chi connectivity index (χ4n) is 0.924. The molecule has 0 fully saturated rings. The van der Waals surface area contributed by atoms with Crippen LogP contribution in [0.15, 0.2) is 30.3 Å². The molecule has 5 heteroatoms. The molecule has 0 saturated carbocycles. The average Bonchev–Trinajstić information content (AvgIpc) is 2.34. The molecule has 0 radical (unpaired) electrons. The summed E-state index contributed by atoms with van der Waals surface area (Å²) < 4.78 is 0. The van der Waals surface area contributed by atoms with Gasteiger partial charge >= 0.3 is 5.97 Å². The van der Waals surface area contributed by atoms with Crippen molar-refractivity contribution in [1.29, 1.82) is 0 Å². The number of unbranched alkanes of at least 4 members (excludes halogenated alkanes) is 1. The molecule has 0 N–H and O–H groups in total. The lowest BCUT2D eigenvalue weighted by atomic mass is 10.2. The third kappa shape index (κ3) is 4.88. The van der Waals surface area contributed by atoms with Gasteiger partial charge in [0.15, 0.2) is 0 Å². The van der Waals surface area contributed by atoms with Crippen molar-refractivity contribution in [3.8, 4) is 0 Å². The Bertz CT molecular complexity index is 299. The molecule has 0 saturated heterocycles. The van der Waals surface area contributed by atoms with Gasteiger partial charge in [0.1, 0.15) is 0 Å². The van der Waals surface area contributed by atoms with Gasteiger partial charge in [-0.05, 0) is 23.6 Å². The van der Waals surface area contributed by atoms with Crippen LogP contribution in [0.3, 0.4) is 0 Å². The minimum atomic E-state index is -0.639. The Labute approximate surface area is 93.7 Å². The van der Waals surface area contributed by atoms with E-state index in [1.54, 1.807) is 30.3 Å². The van der Waals surface area contributed by atoms with Crippen LogP contribution >= 0.6 is 0 Å². The molecule has 0 unspecified atom stereocenters. The predicted octanol–water partition coefficient (Wildman–Crippen LogP) is 2.44. The number of hydrogen-bond acceptors (Lipinski definition) is 5. The highest BCUT2D eigenvalue weighted by molar-refractivity contribution is 5.88. The van der Waals surface area contributed by atoms with Crippen molar-refractivity contribution in [3.05, 3.63) is 35.9 Å². The SMILES string of the molecule is CCCCOOOOC(=O)c1ccccc1. The van der Waals surface area contributed by atoms with Gasteiger partial charge < -0.3 is 0 Å². The predicted molar refractivity (Wildman–Crippen MR) is 54.9 cm³/mol.